The first-order valence-corrected chi connectivity index (χ1v) is 8.01. The van der Waals surface area contributed by atoms with E-state index in [1.165, 1.54) is 17.0 Å². The van der Waals surface area contributed by atoms with Crippen LogP contribution in [0.4, 0.5) is 5.13 Å². The van der Waals surface area contributed by atoms with Gasteiger partial charge in [0, 0.05) is 31.6 Å². The first kappa shape index (κ1) is 16.4. The van der Waals surface area contributed by atoms with E-state index < -0.39 is 0 Å². The normalized spacial score (nSPS) is 10.9. The molecular weight excluding hydrogens is 258 g/mol. The number of thiazole rings is 1. The molecule has 5 heteroatoms. The molecule has 4 nitrogen and oxygen atoms in total. The number of likely N-dealkylation sites (N-methyl/N-ethyl adjacent to an activating group) is 1. The topological polar surface area (TPSA) is 37.4 Å². The summed E-state index contributed by atoms with van der Waals surface area (Å²) in [7, 11) is 1.74. The van der Waals surface area contributed by atoms with Gasteiger partial charge in [0.05, 0.1) is 12.3 Å². The molecule has 0 fully saturated rings. The summed E-state index contributed by atoms with van der Waals surface area (Å²) < 4.78 is 5.16. The van der Waals surface area contributed by atoms with Gasteiger partial charge in [-0.3, -0.25) is 0 Å². The Morgan fingerprint density at radius 1 is 1.32 bits per heavy atom. The van der Waals surface area contributed by atoms with Gasteiger partial charge in [-0.25, -0.2) is 4.98 Å². The highest BCUT2D eigenvalue weighted by Gasteiger charge is 2.13. The van der Waals surface area contributed by atoms with E-state index in [-0.39, 0.29) is 0 Å². The summed E-state index contributed by atoms with van der Waals surface area (Å²) >= 11 is 1.81. The van der Waals surface area contributed by atoms with Crippen molar-refractivity contribution in [3.05, 3.63) is 10.6 Å². The van der Waals surface area contributed by atoms with Gasteiger partial charge >= 0.3 is 0 Å². The van der Waals surface area contributed by atoms with Crippen molar-refractivity contribution < 1.29 is 4.74 Å². The van der Waals surface area contributed by atoms with E-state index in [4.69, 9.17) is 9.72 Å². The Hall–Kier alpha value is -0.650. The number of aromatic nitrogens is 1. The molecule has 1 heterocycles. The van der Waals surface area contributed by atoms with Gasteiger partial charge in [0.1, 0.15) is 0 Å². The number of rotatable bonds is 10. The third-order valence-corrected chi connectivity index (χ3v) is 4.19. The van der Waals surface area contributed by atoms with Crippen LogP contribution >= 0.6 is 11.3 Å². The fourth-order valence-electron chi connectivity index (χ4n) is 1.89. The summed E-state index contributed by atoms with van der Waals surface area (Å²) in [6.45, 7) is 11.2. The molecule has 0 aliphatic rings. The highest BCUT2D eigenvalue weighted by atomic mass is 32.1. The van der Waals surface area contributed by atoms with Crippen LogP contribution in [0.3, 0.4) is 0 Å². The van der Waals surface area contributed by atoms with Crippen LogP contribution in [-0.4, -0.2) is 38.3 Å². The van der Waals surface area contributed by atoms with Crippen LogP contribution in [0.2, 0.25) is 0 Å². The molecule has 0 radical (unpaired) electrons. The Morgan fingerprint density at radius 3 is 2.68 bits per heavy atom. The molecule has 0 aromatic carbocycles. The first-order valence-electron chi connectivity index (χ1n) is 7.19. The summed E-state index contributed by atoms with van der Waals surface area (Å²) in [5, 5.41) is 4.60. The molecule has 0 aliphatic heterocycles. The number of methoxy groups -OCH3 is 1. The third-order valence-electron chi connectivity index (χ3n) is 3.03. The second-order valence-corrected chi connectivity index (χ2v) is 5.53. The molecule has 1 rings (SSSR count). The molecule has 1 N–H and O–H groups in total. The maximum atomic E-state index is 5.16. The van der Waals surface area contributed by atoms with Crippen molar-refractivity contribution in [2.24, 2.45) is 0 Å². The lowest BCUT2D eigenvalue weighted by Gasteiger charge is -2.18. The van der Waals surface area contributed by atoms with Crippen molar-refractivity contribution in [1.29, 1.82) is 0 Å². The van der Waals surface area contributed by atoms with Crippen molar-refractivity contribution in [1.82, 2.24) is 10.3 Å². The molecule has 0 atom stereocenters. The van der Waals surface area contributed by atoms with Crippen molar-refractivity contribution in [3.8, 4) is 0 Å². The molecule has 0 amide bonds. The molecule has 0 unspecified atom stereocenters. The summed E-state index contributed by atoms with van der Waals surface area (Å²) in [4.78, 5) is 8.45. The van der Waals surface area contributed by atoms with Gasteiger partial charge in [-0.15, -0.1) is 11.3 Å². The summed E-state index contributed by atoms with van der Waals surface area (Å²) in [6.07, 6.45) is 2.17. The molecule has 1 aromatic rings. The number of aryl methyl sites for hydroxylation is 1. The quantitative estimate of drug-likeness (QED) is 0.671. The Bertz CT molecular complexity index is 354. The molecule has 1 aromatic heterocycles. The number of hydrogen-bond donors (Lipinski definition) is 1. The van der Waals surface area contributed by atoms with Crippen LogP contribution in [0.15, 0.2) is 0 Å². The fourth-order valence-corrected chi connectivity index (χ4v) is 3.10. The van der Waals surface area contributed by atoms with Gasteiger partial charge in [-0.2, -0.15) is 0 Å². The maximum Gasteiger partial charge on any atom is 0.185 e. The first-order chi connectivity index (χ1) is 9.26. The molecule has 0 aliphatic carbocycles. The number of ether oxygens (including phenoxy) is 1. The zero-order valence-corrected chi connectivity index (χ0v) is 13.5. The number of nitrogens with one attached hydrogen (secondary N) is 1. The van der Waals surface area contributed by atoms with Crippen molar-refractivity contribution in [2.45, 2.75) is 40.2 Å². The second-order valence-electron chi connectivity index (χ2n) is 4.47. The van der Waals surface area contributed by atoms with E-state index in [1.54, 1.807) is 7.11 Å². The van der Waals surface area contributed by atoms with E-state index in [9.17, 15) is 0 Å². The lowest BCUT2D eigenvalue weighted by atomic mass is 10.3. The number of hydrogen-bond acceptors (Lipinski definition) is 5. The van der Waals surface area contributed by atoms with Crippen LogP contribution in [0.5, 0.6) is 0 Å². The fraction of sp³-hybridized carbons (Fsp3) is 0.786. The molecule has 0 bridgehead atoms. The largest absolute Gasteiger partial charge is 0.383 e. The summed E-state index contributed by atoms with van der Waals surface area (Å²) in [5.41, 5.74) is 1.24. The van der Waals surface area contributed by atoms with Crippen LogP contribution in [0.25, 0.3) is 0 Å². The Kier molecular flexibility index (Phi) is 8.02. The summed E-state index contributed by atoms with van der Waals surface area (Å²) in [6, 6.07) is 0. The van der Waals surface area contributed by atoms with Gasteiger partial charge in [0.2, 0.25) is 0 Å². The minimum Gasteiger partial charge on any atom is -0.383 e. The summed E-state index contributed by atoms with van der Waals surface area (Å²) in [5.74, 6) is 0. The van der Waals surface area contributed by atoms with E-state index in [2.05, 4.69) is 31.0 Å². The van der Waals surface area contributed by atoms with Crippen LogP contribution in [0, 0.1) is 0 Å². The highest BCUT2D eigenvalue weighted by molar-refractivity contribution is 7.15. The smallest absolute Gasteiger partial charge is 0.185 e. The maximum absolute atomic E-state index is 5.16. The van der Waals surface area contributed by atoms with Gasteiger partial charge in [-0.05, 0) is 26.3 Å². The van der Waals surface area contributed by atoms with E-state index >= 15 is 0 Å². The zero-order valence-electron chi connectivity index (χ0n) is 12.7. The Labute approximate surface area is 121 Å². The highest BCUT2D eigenvalue weighted by Crippen LogP contribution is 2.26. The molecular formula is C14H27N3OS. The Morgan fingerprint density at radius 2 is 2.11 bits per heavy atom. The van der Waals surface area contributed by atoms with Crippen LogP contribution in [-0.2, 0) is 17.7 Å². The molecule has 0 spiro atoms. The predicted molar refractivity (Wildman–Crippen MR) is 83.3 cm³/mol. The molecule has 19 heavy (non-hydrogen) atoms. The lowest BCUT2D eigenvalue weighted by molar-refractivity contribution is 0.205. The lowest BCUT2D eigenvalue weighted by Crippen LogP contribution is -2.26. The second kappa shape index (κ2) is 9.28. The average Bonchev–Trinajstić information content (AvgIpc) is 2.83. The van der Waals surface area contributed by atoms with Gasteiger partial charge in [0.25, 0.3) is 0 Å². The van der Waals surface area contributed by atoms with Gasteiger partial charge in [-0.1, -0.05) is 13.8 Å². The van der Waals surface area contributed by atoms with Crippen molar-refractivity contribution >= 4 is 16.5 Å². The van der Waals surface area contributed by atoms with Gasteiger partial charge in [0.15, 0.2) is 5.13 Å². The SMILES string of the molecule is CCCNCc1sc(N(CC)CCOC)nc1CC. The average molecular weight is 285 g/mol. The van der Waals surface area contributed by atoms with E-state index in [0.717, 1.165) is 44.3 Å². The number of anilines is 1. The molecule has 0 saturated heterocycles. The van der Waals surface area contributed by atoms with E-state index in [0.29, 0.717) is 0 Å². The molecule has 110 valence electrons. The minimum atomic E-state index is 0.748. The number of nitrogens with zero attached hydrogens (tertiary/aromatic N) is 2. The standard InChI is InChI=1S/C14H27N3OS/c1-5-8-15-11-13-12(6-2)16-14(19-13)17(7-3)9-10-18-4/h15H,5-11H2,1-4H3. The van der Waals surface area contributed by atoms with Gasteiger partial charge < -0.3 is 15.0 Å². The predicted octanol–water partition coefficient (Wildman–Crippen LogP) is 2.68. The third kappa shape index (κ3) is 5.09. The zero-order chi connectivity index (χ0) is 14.1. The van der Waals surface area contributed by atoms with Crippen molar-refractivity contribution in [3.63, 3.8) is 0 Å². The molecule has 0 saturated carbocycles. The van der Waals surface area contributed by atoms with Crippen LogP contribution < -0.4 is 10.2 Å². The van der Waals surface area contributed by atoms with Crippen molar-refractivity contribution in [2.75, 3.05) is 38.3 Å². The van der Waals surface area contributed by atoms with Crippen LogP contribution in [0.1, 0.15) is 37.8 Å². The monoisotopic (exact) mass is 285 g/mol. The Balaban J connectivity index is 2.72. The van der Waals surface area contributed by atoms with E-state index in [1.807, 2.05) is 11.3 Å². The minimum absolute atomic E-state index is 0.748.